The summed E-state index contributed by atoms with van der Waals surface area (Å²) in [5.74, 6) is 1.41. The maximum atomic E-state index is 6.03. The molecule has 0 bridgehead atoms. The van der Waals surface area contributed by atoms with E-state index in [1.165, 1.54) is 0 Å². The van der Waals surface area contributed by atoms with Crippen molar-refractivity contribution in [2.75, 3.05) is 7.11 Å². The SMILES string of the molecule is COc1cccc(CC(C)N)c1OCc1ccc(Cl)c(Cl)c1. The molecule has 5 heteroatoms. The minimum absolute atomic E-state index is 0.0411. The first-order chi connectivity index (χ1) is 10.5. The predicted octanol–water partition coefficient (Wildman–Crippen LogP) is 4.47. The number of rotatable bonds is 6. The lowest BCUT2D eigenvalue weighted by molar-refractivity contribution is 0.281. The molecule has 2 rings (SSSR count). The van der Waals surface area contributed by atoms with Crippen molar-refractivity contribution >= 4 is 23.2 Å². The molecule has 2 aromatic rings. The Bertz CT molecular complexity index is 645. The molecular weight excluding hydrogens is 321 g/mol. The van der Waals surface area contributed by atoms with E-state index in [9.17, 15) is 0 Å². The molecule has 3 nitrogen and oxygen atoms in total. The zero-order valence-corrected chi connectivity index (χ0v) is 14.1. The highest BCUT2D eigenvalue weighted by molar-refractivity contribution is 6.42. The van der Waals surface area contributed by atoms with Crippen molar-refractivity contribution in [3.63, 3.8) is 0 Å². The Morgan fingerprint density at radius 1 is 1.14 bits per heavy atom. The number of methoxy groups -OCH3 is 1. The molecule has 2 aromatic carbocycles. The third-order valence-corrected chi connectivity index (χ3v) is 3.93. The lowest BCUT2D eigenvalue weighted by atomic mass is 10.1. The lowest BCUT2D eigenvalue weighted by Crippen LogP contribution is -2.18. The van der Waals surface area contributed by atoms with Crippen LogP contribution < -0.4 is 15.2 Å². The Morgan fingerprint density at radius 3 is 2.55 bits per heavy atom. The fourth-order valence-corrected chi connectivity index (χ4v) is 2.50. The van der Waals surface area contributed by atoms with Gasteiger partial charge in [-0.15, -0.1) is 0 Å². The minimum Gasteiger partial charge on any atom is -0.493 e. The summed E-state index contributed by atoms with van der Waals surface area (Å²) < 4.78 is 11.3. The highest BCUT2D eigenvalue weighted by atomic mass is 35.5. The van der Waals surface area contributed by atoms with E-state index in [4.69, 9.17) is 38.4 Å². The first kappa shape index (κ1) is 16.9. The predicted molar refractivity (Wildman–Crippen MR) is 91.1 cm³/mol. The van der Waals surface area contributed by atoms with Gasteiger partial charge in [0, 0.05) is 6.04 Å². The fourth-order valence-electron chi connectivity index (χ4n) is 2.18. The number of hydrogen-bond donors (Lipinski definition) is 1. The van der Waals surface area contributed by atoms with Crippen LogP contribution in [-0.4, -0.2) is 13.2 Å². The third-order valence-electron chi connectivity index (χ3n) is 3.19. The molecule has 0 fully saturated rings. The molecule has 0 aliphatic heterocycles. The van der Waals surface area contributed by atoms with Crippen LogP contribution in [0.4, 0.5) is 0 Å². The Kier molecular flexibility index (Phi) is 5.95. The molecule has 0 aromatic heterocycles. The van der Waals surface area contributed by atoms with E-state index in [1.54, 1.807) is 19.2 Å². The maximum absolute atomic E-state index is 6.03. The molecular formula is C17H19Cl2NO2. The molecule has 0 spiro atoms. The summed E-state index contributed by atoms with van der Waals surface area (Å²) in [7, 11) is 1.62. The summed E-state index contributed by atoms with van der Waals surface area (Å²) in [6.07, 6.45) is 0.716. The van der Waals surface area contributed by atoms with Crippen LogP contribution >= 0.6 is 23.2 Å². The van der Waals surface area contributed by atoms with Crippen molar-refractivity contribution in [3.8, 4) is 11.5 Å². The minimum atomic E-state index is 0.0411. The molecule has 1 atom stereocenters. The van der Waals surface area contributed by atoms with Crippen LogP contribution in [-0.2, 0) is 13.0 Å². The highest BCUT2D eigenvalue weighted by Gasteiger charge is 2.12. The molecule has 0 aliphatic rings. The van der Waals surface area contributed by atoms with Crippen molar-refractivity contribution < 1.29 is 9.47 Å². The van der Waals surface area contributed by atoms with E-state index < -0.39 is 0 Å². The Hall–Kier alpha value is -1.42. The van der Waals surface area contributed by atoms with E-state index >= 15 is 0 Å². The average Bonchev–Trinajstić information content (AvgIpc) is 2.48. The molecule has 0 amide bonds. The summed E-state index contributed by atoms with van der Waals surface area (Å²) >= 11 is 11.9. The smallest absolute Gasteiger partial charge is 0.164 e. The van der Waals surface area contributed by atoms with Crippen molar-refractivity contribution in [1.82, 2.24) is 0 Å². The second-order valence-electron chi connectivity index (χ2n) is 5.17. The van der Waals surface area contributed by atoms with Gasteiger partial charge in [0.2, 0.25) is 0 Å². The van der Waals surface area contributed by atoms with Crippen molar-refractivity contribution in [1.29, 1.82) is 0 Å². The maximum Gasteiger partial charge on any atom is 0.164 e. The van der Waals surface area contributed by atoms with Crippen LogP contribution in [0.15, 0.2) is 36.4 Å². The highest BCUT2D eigenvalue weighted by Crippen LogP contribution is 2.33. The van der Waals surface area contributed by atoms with Gasteiger partial charge in [0.1, 0.15) is 6.61 Å². The van der Waals surface area contributed by atoms with E-state index in [2.05, 4.69) is 0 Å². The van der Waals surface area contributed by atoms with E-state index in [-0.39, 0.29) is 6.04 Å². The molecule has 0 saturated heterocycles. The average molecular weight is 340 g/mol. The summed E-state index contributed by atoms with van der Waals surface area (Å²) in [6.45, 7) is 2.34. The number of halogens is 2. The molecule has 1 unspecified atom stereocenters. The lowest BCUT2D eigenvalue weighted by Gasteiger charge is -2.16. The van der Waals surface area contributed by atoms with Crippen LogP contribution in [0, 0.1) is 0 Å². The standard InChI is InChI=1S/C17H19Cl2NO2/c1-11(20)8-13-4-3-5-16(21-2)17(13)22-10-12-6-7-14(18)15(19)9-12/h3-7,9,11H,8,10,20H2,1-2H3. The van der Waals surface area contributed by atoms with E-state index in [0.717, 1.165) is 11.1 Å². The van der Waals surface area contributed by atoms with Gasteiger partial charge in [0.15, 0.2) is 11.5 Å². The Labute approximate surface area is 140 Å². The first-order valence-corrected chi connectivity index (χ1v) is 7.75. The van der Waals surface area contributed by atoms with Crippen LogP contribution in [0.3, 0.4) is 0 Å². The fraction of sp³-hybridized carbons (Fsp3) is 0.294. The molecule has 22 heavy (non-hydrogen) atoms. The molecule has 118 valence electrons. The van der Waals surface area contributed by atoms with Gasteiger partial charge in [-0.2, -0.15) is 0 Å². The van der Waals surface area contributed by atoms with Crippen LogP contribution in [0.25, 0.3) is 0 Å². The van der Waals surface area contributed by atoms with Gasteiger partial charge in [-0.25, -0.2) is 0 Å². The topological polar surface area (TPSA) is 44.5 Å². The summed E-state index contributed by atoms with van der Waals surface area (Å²) in [5.41, 5.74) is 7.86. The Balaban J connectivity index is 2.21. The van der Waals surface area contributed by atoms with Crippen molar-refractivity contribution in [3.05, 3.63) is 57.6 Å². The van der Waals surface area contributed by atoms with Crippen LogP contribution in [0.5, 0.6) is 11.5 Å². The van der Waals surface area contributed by atoms with Gasteiger partial charge >= 0.3 is 0 Å². The molecule has 0 heterocycles. The van der Waals surface area contributed by atoms with Gasteiger partial charge in [0.25, 0.3) is 0 Å². The monoisotopic (exact) mass is 339 g/mol. The summed E-state index contributed by atoms with van der Waals surface area (Å²) in [5, 5.41) is 1.04. The second kappa shape index (κ2) is 7.73. The van der Waals surface area contributed by atoms with Crippen LogP contribution in [0.2, 0.25) is 10.0 Å². The number of benzene rings is 2. The second-order valence-corrected chi connectivity index (χ2v) is 5.98. The number of ether oxygens (including phenoxy) is 2. The van der Waals surface area contributed by atoms with E-state index in [0.29, 0.717) is 34.6 Å². The third kappa shape index (κ3) is 4.29. The molecule has 2 N–H and O–H groups in total. The summed E-state index contributed by atoms with van der Waals surface area (Å²) in [4.78, 5) is 0. The van der Waals surface area contributed by atoms with Crippen molar-refractivity contribution in [2.45, 2.75) is 26.0 Å². The molecule has 0 saturated carbocycles. The van der Waals surface area contributed by atoms with Gasteiger partial charge in [-0.3, -0.25) is 0 Å². The van der Waals surface area contributed by atoms with Gasteiger partial charge in [-0.1, -0.05) is 41.4 Å². The largest absolute Gasteiger partial charge is 0.493 e. The molecule has 0 radical (unpaired) electrons. The van der Waals surface area contributed by atoms with Crippen molar-refractivity contribution in [2.24, 2.45) is 5.73 Å². The van der Waals surface area contributed by atoms with Gasteiger partial charge in [0.05, 0.1) is 17.2 Å². The van der Waals surface area contributed by atoms with Gasteiger partial charge in [-0.05, 0) is 42.7 Å². The summed E-state index contributed by atoms with van der Waals surface area (Å²) in [6, 6.07) is 11.3. The molecule has 0 aliphatic carbocycles. The number of hydrogen-bond acceptors (Lipinski definition) is 3. The normalized spacial score (nSPS) is 12.0. The Morgan fingerprint density at radius 2 is 1.91 bits per heavy atom. The van der Waals surface area contributed by atoms with Gasteiger partial charge < -0.3 is 15.2 Å². The number of para-hydroxylation sites is 1. The van der Waals surface area contributed by atoms with E-state index in [1.807, 2.05) is 31.2 Å². The number of nitrogens with two attached hydrogens (primary N) is 1. The van der Waals surface area contributed by atoms with Crippen LogP contribution in [0.1, 0.15) is 18.1 Å². The first-order valence-electron chi connectivity index (χ1n) is 6.99. The zero-order valence-electron chi connectivity index (χ0n) is 12.6. The quantitative estimate of drug-likeness (QED) is 0.844. The zero-order chi connectivity index (χ0) is 16.1.